The van der Waals surface area contributed by atoms with Crippen LogP contribution < -0.4 is 4.74 Å². The molecule has 0 radical (unpaired) electrons. The highest BCUT2D eigenvalue weighted by Gasteiger charge is 2.31. The molecular weight excluding hydrogens is 248 g/mol. The molecule has 100 valence electrons. The molecule has 1 aliphatic rings. The van der Waals surface area contributed by atoms with Crippen LogP contribution >= 0.6 is 11.6 Å². The number of halogens is 1. The van der Waals surface area contributed by atoms with Gasteiger partial charge in [-0.15, -0.1) is 0 Å². The first-order chi connectivity index (χ1) is 8.65. The van der Waals surface area contributed by atoms with E-state index in [1.807, 2.05) is 12.1 Å². The fraction of sp³-hybridized carbons (Fsp3) is 0.600. The minimum Gasteiger partial charge on any atom is -0.496 e. The van der Waals surface area contributed by atoms with E-state index in [1.165, 1.54) is 12.8 Å². The summed E-state index contributed by atoms with van der Waals surface area (Å²) in [6.07, 6.45) is 4.16. The number of rotatable bonds is 4. The van der Waals surface area contributed by atoms with E-state index >= 15 is 0 Å². The van der Waals surface area contributed by atoms with Crippen LogP contribution in [0.3, 0.4) is 0 Å². The van der Waals surface area contributed by atoms with Crippen LogP contribution in [-0.4, -0.2) is 12.2 Å². The van der Waals surface area contributed by atoms with E-state index in [4.69, 9.17) is 16.3 Å². The lowest BCUT2D eigenvalue weighted by molar-refractivity contribution is 0.106. The Morgan fingerprint density at radius 1 is 1.44 bits per heavy atom. The normalized spacial score (nSPS) is 25.1. The van der Waals surface area contributed by atoms with Crippen LogP contribution in [-0.2, 0) is 0 Å². The monoisotopic (exact) mass is 268 g/mol. The van der Waals surface area contributed by atoms with Gasteiger partial charge in [0, 0.05) is 10.6 Å². The second kappa shape index (κ2) is 5.94. The molecule has 3 heteroatoms. The van der Waals surface area contributed by atoms with Crippen molar-refractivity contribution >= 4 is 11.6 Å². The van der Waals surface area contributed by atoms with E-state index in [0.717, 1.165) is 30.1 Å². The van der Waals surface area contributed by atoms with Crippen molar-refractivity contribution < 1.29 is 9.84 Å². The maximum atomic E-state index is 10.5. The molecule has 18 heavy (non-hydrogen) atoms. The van der Waals surface area contributed by atoms with Crippen LogP contribution in [0.25, 0.3) is 0 Å². The third kappa shape index (κ3) is 2.81. The molecule has 3 unspecified atom stereocenters. The summed E-state index contributed by atoms with van der Waals surface area (Å²) in [4.78, 5) is 0. The minimum atomic E-state index is -0.463. The highest BCUT2D eigenvalue weighted by Crippen LogP contribution is 2.42. The van der Waals surface area contributed by atoms with Gasteiger partial charge in [0.05, 0.1) is 13.2 Å². The smallest absolute Gasteiger partial charge is 0.124 e. The standard InChI is InChI=1S/C15H21ClO2/c1-3-10-4-5-11(8-10)15(17)13-9-12(16)6-7-14(13)18-2/h6-7,9-11,15,17H,3-5,8H2,1-2H3. The number of methoxy groups -OCH3 is 1. The summed E-state index contributed by atoms with van der Waals surface area (Å²) < 4.78 is 5.32. The summed E-state index contributed by atoms with van der Waals surface area (Å²) in [6.45, 7) is 2.22. The molecule has 1 aromatic rings. The summed E-state index contributed by atoms with van der Waals surface area (Å²) in [6, 6.07) is 5.44. The van der Waals surface area contributed by atoms with E-state index in [-0.39, 0.29) is 0 Å². The molecule has 1 N–H and O–H groups in total. The predicted molar refractivity (Wildman–Crippen MR) is 74.1 cm³/mol. The second-order valence-electron chi connectivity index (χ2n) is 5.18. The maximum absolute atomic E-state index is 10.5. The zero-order valence-electron chi connectivity index (χ0n) is 11.0. The molecule has 3 atom stereocenters. The third-order valence-corrected chi connectivity index (χ3v) is 4.35. The quantitative estimate of drug-likeness (QED) is 0.886. The van der Waals surface area contributed by atoms with Gasteiger partial charge in [-0.25, -0.2) is 0 Å². The highest BCUT2D eigenvalue weighted by atomic mass is 35.5. The van der Waals surface area contributed by atoms with Crippen LogP contribution in [0, 0.1) is 11.8 Å². The van der Waals surface area contributed by atoms with Gasteiger partial charge in [-0.1, -0.05) is 31.4 Å². The first-order valence-electron chi connectivity index (χ1n) is 6.67. The first-order valence-corrected chi connectivity index (χ1v) is 7.05. The molecule has 1 aliphatic carbocycles. The van der Waals surface area contributed by atoms with E-state index in [2.05, 4.69) is 6.92 Å². The Morgan fingerprint density at radius 2 is 2.22 bits per heavy atom. The lowest BCUT2D eigenvalue weighted by atomic mass is 9.92. The summed E-state index contributed by atoms with van der Waals surface area (Å²) in [5, 5.41) is 11.2. The van der Waals surface area contributed by atoms with Gasteiger partial charge < -0.3 is 9.84 Å². The summed E-state index contributed by atoms with van der Waals surface area (Å²) in [5.41, 5.74) is 0.826. The molecule has 1 aromatic carbocycles. The number of ether oxygens (including phenoxy) is 1. The lowest BCUT2D eigenvalue weighted by Crippen LogP contribution is -2.11. The molecule has 0 spiro atoms. The number of hydrogen-bond donors (Lipinski definition) is 1. The molecule has 2 rings (SSSR count). The summed E-state index contributed by atoms with van der Waals surface area (Å²) >= 11 is 6.01. The molecule has 1 fully saturated rings. The Bertz CT molecular complexity index is 405. The van der Waals surface area contributed by atoms with Gasteiger partial charge in [-0.2, -0.15) is 0 Å². The molecule has 0 aliphatic heterocycles. The van der Waals surface area contributed by atoms with Gasteiger partial charge in [0.25, 0.3) is 0 Å². The zero-order chi connectivity index (χ0) is 13.1. The number of aliphatic hydroxyl groups excluding tert-OH is 1. The molecular formula is C15H21ClO2. The number of hydrogen-bond acceptors (Lipinski definition) is 2. The van der Waals surface area contributed by atoms with Crippen LogP contribution in [0.1, 0.15) is 44.3 Å². The first kappa shape index (κ1) is 13.7. The van der Waals surface area contributed by atoms with Gasteiger partial charge in [-0.05, 0) is 42.9 Å². The fourth-order valence-corrected chi connectivity index (χ4v) is 3.14. The Morgan fingerprint density at radius 3 is 2.83 bits per heavy atom. The van der Waals surface area contributed by atoms with Crippen LogP contribution in [0.15, 0.2) is 18.2 Å². The Kier molecular flexibility index (Phi) is 4.52. The molecule has 0 aromatic heterocycles. The van der Waals surface area contributed by atoms with Gasteiger partial charge in [-0.3, -0.25) is 0 Å². The average molecular weight is 269 g/mol. The minimum absolute atomic E-state index is 0.335. The Labute approximate surface area is 114 Å². The molecule has 2 nitrogen and oxygen atoms in total. The van der Waals surface area contributed by atoms with Crippen molar-refractivity contribution in [2.24, 2.45) is 11.8 Å². The fourth-order valence-electron chi connectivity index (χ4n) is 2.96. The second-order valence-corrected chi connectivity index (χ2v) is 5.61. The van der Waals surface area contributed by atoms with Crippen LogP contribution in [0.4, 0.5) is 0 Å². The molecule has 0 heterocycles. The molecule has 0 amide bonds. The maximum Gasteiger partial charge on any atom is 0.124 e. The predicted octanol–water partition coefficient (Wildman–Crippen LogP) is 4.21. The number of benzene rings is 1. The largest absolute Gasteiger partial charge is 0.496 e. The summed E-state index contributed by atoms with van der Waals surface area (Å²) in [7, 11) is 1.63. The van der Waals surface area contributed by atoms with Crippen LogP contribution in [0.2, 0.25) is 5.02 Å². The SMILES string of the molecule is CCC1CCC(C(O)c2cc(Cl)ccc2OC)C1. The third-order valence-electron chi connectivity index (χ3n) is 4.12. The van der Waals surface area contributed by atoms with Crippen molar-refractivity contribution in [3.63, 3.8) is 0 Å². The van der Waals surface area contributed by atoms with Gasteiger partial charge in [0.2, 0.25) is 0 Å². The van der Waals surface area contributed by atoms with Crippen molar-refractivity contribution in [3.8, 4) is 5.75 Å². The molecule has 1 saturated carbocycles. The molecule has 0 bridgehead atoms. The zero-order valence-corrected chi connectivity index (χ0v) is 11.8. The summed E-state index contributed by atoms with van der Waals surface area (Å²) in [5.74, 6) is 1.82. The van der Waals surface area contributed by atoms with Crippen molar-refractivity contribution in [1.29, 1.82) is 0 Å². The highest BCUT2D eigenvalue weighted by molar-refractivity contribution is 6.30. The van der Waals surface area contributed by atoms with Crippen molar-refractivity contribution in [2.45, 2.75) is 38.7 Å². The van der Waals surface area contributed by atoms with Crippen molar-refractivity contribution in [2.75, 3.05) is 7.11 Å². The van der Waals surface area contributed by atoms with Gasteiger partial charge >= 0.3 is 0 Å². The molecule has 0 saturated heterocycles. The van der Waals surface area contributed by atoms with E-state index in [1.54, 1.807) is 13.2 Å². The lowest BCUT2D eigenvalue weighted by Gasteiger charge is -2.21. The van der Waals surface area contributed by atoms with Gasteiger partial charge in [0.15, 0.2) is 0 Å². The van der Waals surface area contributed by atoms with E-state index in [0.29, 0.717) is 10.9 Å². The van der Waals surface area contributed by atoms with Crippen LogP contribution in [0.5, 0.6) is 5.75 Å². The average Bonchev–Trinajstić information content (AvgIpc) is 2.86. The van der Waals surface area contributed by atoms with Crippen molar-refractivity contribution in [3.05, 3.63) is 28.8 Å². The Hall–Kier alpha value is -0.730. The van der Waals surface area contributed by atoms with E-state index < -0.39 is 6.10 Å². The van der Waals surface area contributed by atoms with E-state index in [9.17, 15) is 5.11 Å². The van der Waals surface area contributed by atoms with Gasteiger partial charge in [0.1, 0.15) is 5.75 Å². The topological polar surface area (TPSA) is 29.5 Å². The van der Waals surface area contributed by atoms with Crippen molar-refractivity contribution in [1.82, 2.24) is 0 Å². The number of aliphatic hydroxyl groups is 1. The Balaban J connectivity index is 2.18.